The molecule has 8 heteroatoms. The van der Waals surface area contributed by atoms with Crippen molar-refractivity contribution in [3.63, 3.8) is 0 Å². The van der Waals surface area contributed by atoms with Gasteiger partial charge in [0, 0.05) is 18.0 Å². The van der Waals surface area contributed by atoms with Gasteiger partial charge in [-0.15, -0.1) is 22.7 Å². The van der Waals surface area contributed by atoms with Crippen LogP contribution in [0.2, 0.25) is 4.34 Å². The predicted molar refractivity (Wildman–Crippen MR) is 88.9 cm³/mol. The lowest BCUT2D eigenvalue weighted by molar-refractivity contribution is -0.137. The van der Waals surface area contributed by atoms with E-state index in [1.54, 1.807) is 11.4 Å². The third kappa shape index (κ3) is 4.06. The molecule has 0 aliphatic carbocycles. The molecule has 22 heavy (non-hydrogen) atoms. The summed E-state index contributed by atoms with van der Waals surface area (Å²) in [7, 11) is 0. The van der Waals surface area contributed by atoms with E-state index < -0.39 is 5.97 Å². The first-order chi connectivity index (χ1) is 10.4. The number of carboxylic acid groups (broad SMARTS) is 1. The highest BCUT2D eigenvalue weighted by molar-refractivity contribution is 7.23. The van der Waals surface area contributed by atoms with Crippen LogP contribution in [0, 0.1) is 0 Å². The topological polar surface area (TPSA) is 70.5 Å². The van der Waals surface area contributed by atoms with Crippen molar-refractivity contribution in [1.82, 2.24) is 9.88 Å². The van der Waals surface area contributed by atoms with Crippen LogP contribution in [-0.2, 0) is 4.79 Å². The van der Waals surface area contributed by atoms with E-state index in [1.165, 1.54) is 27.6 Å². The molecule has 0 fully saturated rings. The zero-order valence-electron chi connectivity index (χ0n) is 12.1. The summed E-state index contributed by atoms with van der Waals surface area (Å²) in [5.41, 5.74) is 0.337. The number of aromatic nitrogens is 1. The molecule has 0 aromatic carbocycles. The monoisotopic (exact) mass is 358 g/mol. The average Bonchev–Trinajstić information content (AvgIpc) is 3.06. The third-order valence-corrected chi connectivity index (χ3v) is 5.20. The smallest absolute Gasteiger partial charge is 0.305 e. The van der Waals surface area contributed by atoms with E-state index in [-0.39, 0.29) is 24.9 Å². The highest BCUT2D eigenvalue weighted by atomic mass is 35.5. The molecule has 0 unspecified atom stereocenters. The number of carbonyl (C=O) groups excluding carboxylic acids is 1. The molecule has 0 spiro atoms. The molecule has 2 rings (SSSR count). The highest BCUT2D eigenvalue weighted by Crippen LogP contribution is 2.33. The van der Waals surface area contributed by atoms with Gasteiger partial charge in [0.1, 0.15) is 10.7 Å². The average molecular weight is 359 g/mol. The number of hydrogen-bond donors (Lipinski definition) is 1. The summed E-state index contributed by atoms with van der Waals surface area (Å²) in [6, 6.07) is 3.57. The summed E-state index contributed by atoms with van der Waals surface area (Å²) in [5.74, 6) is -1.17. The van der Waals surface area contributed by atoms with Gasteiger partial charge in [-0.25, -0.2) is 4.98 Å². The second kappa shape index (κ2) is 7.21. The summed E-state index contributed by atoms with van der Waals surface area (Å²) >= 11 is 8.69. The molecule has 2 aromatic heterocycles. The van der Waals surface area contributed by atoms with Gasteiger partial charge in [-0.05, 0) is 26.0 Å². The van der Waals surface area contributed by atoms with Gasteiger partial charge < -0.3 is 10.0 Å². The van der Waals surface area contributed by atoms with Crippen LogP contribution in [0.25, 0.3) is 9.88 Å². The van der Waals surface area contributed by atoms with Crippen LogP contribution in [0.15, 0.2) is 17.5 Å². The van der Waals surface area contributed by atoms with Gasteiger partial charge in [0.15, 0.2) is 0 Å². The number of thiazole rings is 1. The van der Waals surface area contributed by atoms with E-state index in [2.05, 4.69) is 4.98 Å². The van der Waals surface area contributed by atoms with Crippen LogP contribution in [0.5, 0.6) is 0 Å². The first kappa shape index (κ1) is 16.9. The Labute approximate surface area is 141 Å². The van der Waals surface area contributed by atoms with Gasteiger partial charge >= 0.3 is 5.97 Å². The van der Waals surface area contributed by atoms with Gasteiger partial charge in [0.05, 0.1) is 15.6 Å². The maximum absolute atomic E-state index is 12.5. The summed E-state index contributed by atoms with van der Waals surface area (Å²) in [4.78, 5) is 30.0. The van der Waals surface area contributed by atoms with Crippen molar-refractivity contribution in [2.45, 2.75) is 26.3 Å². The minimum atomic E-state index is -0.925. The van der Waals surface area contributed by atoms with Crippen molar-refractivity contribution >= 4 is 46.2 Å². The normalized spacial score (nSPS) is 10.9. The fourth-order valence-electron chi connectivity index (χ4n) is 1.87. The number of hydrogen-bond acceptors (Lipinski definition) is 5. The van der Waals surface area contributed by atoms with E-state index in [9.17, 15) is 9.59 Å². The van der Waals surface area contributed by atoms with Crippen molar-refractivity contribution in [3.05, 3.63) is 27.5 Å². The van der Waals surface area contributed by atoms with Crippen LogP contribution < -0.4 is 0 Å². The molecule has 2 aromatic rings. The zero-order valence-corrected chi connectivity index (χ0v) is 14.5. The fourth-order valence-corrected chi connectivity index (χ4v) is 3.78. The van der Waals surface area contributed by atoms with Gasteiger partial charge in [0.25, 0.3) is 5.91 Å². The first-order valence-electron chi connectivity index (χ1n) is 6.62. The Hall–Kier alpha value is -1.44. The second-order valence-electron chi connectivity index (χ2n) is 4.88. The number of nitrogens with zero attached hydrogens (tertiary/aromatic N) is 2. The van der Waals surface area contributed by atoms with Gasteiger partial charge in [-0.3, -0.25) is 9.59 Å². The minimum absolute atomic E-state index is 0.0819. The quantitative estimate of drug-likeness (QED) is 0.851. The van der Waals surface area contributed by atoms with E-state index in [0.717, 1.165) is 9.88 Å². The van der Waals surface area contributed by atoms with Crippen molar-refractivity contribution in [3.8, 4) is 9.88 Å². The van der Waals surface area contributed by atoms with E-state index in [1.807, 2.05) is 19.9 Å². The van der Waals surface area contributed by atoms with Crippen LogP contribution in [0.3, 0.4) is 0 Å². The first-order valence-corrected chi connectivity index (χ1v) is 8.70. The van der Waals surface area contributed by atoms with Gasteiger partial charge in [-0.1, -0.05) is 11.6 Å². The summed E-state index contributed by atoms with van der Waals surface area (Å²) < 4.78 is 0.670. The SMILES string of the molecule is CC(C)N(CCC(=O)O)C(=O)c1csc(-c2ccc(Cl)s2)n1. The van der Waals surface area contributed by atoms with Crippen molar-refractivity contribution in [2.75, 3.05) is 6.54 Å². The Bertz CT molecular complexity index is 681. The minimum Gasteiger partial charge on any atom is -0.481 e. The van der Waals surface area contributed by atoms with Crippen LogP contribution in [-0.4, -0.2) is 39.5 Å². The number of carbonyl (C=O) groups is 2. The molecule has 118 valence electrons. The number of thiophene rings is 1. The van der Waals surface area contributed by atoms with Crippen LogP contribution in [0.1, 0.15) is 30.8 Å². The number of carboxylic acids is 1. The van der Waals surface area contributed by atoms with E-state index in [0.29, 0.717) is 10.0 Å². The Morgan fingerprint density at radius 1 is 1.41 bits per heavy atom. The Balaban J connectivity index is 2.17. The summed E-state index contributed by atoms with van der Waals surface area (Å²) in [6.45, 7) is 3.88. The molecule has 0 saturated carbocycles. The summed E-state index contributed by atoms with van der Waals surface area (Å²) in [6.07, 6.45) is -0.0819. The lowest BCUT2D eigenvalue weighted by atomic mass is 10.2. The Kier molecular flexibility index (Phi) is 5.55. The molecule has 0 saturated heterocycles. The molecule has 0 atom stereocenters. The standard InChI is InChI=1S/C14H15ClN2O3S2/c1-8(2)17(6-5-12(18)19)14(20)9-7-21-13(16-9)10-3-4-11(15)22-10/h3-4,7-8H,5-6H2,1-2H3,(H,18,19). The van der Waals surface area contributed by atoms with Gasteiger partial charge in [0.2, 0.25) is 0 Å². The Morgan fingerprint density at radius 2 is 2.14 bits per heavy atom. The van der Waals surface area contributed by atoms with Crippen molar-refractivity contribution < 1.29 is 14.7 Å². The van der Waals surface area contributed by atoms with E-state index in [4.69, 9.17) is 16.7 Å². The molecular formula is C14H15ClN2O3S2. The zero-order chi connectivity index (χ0) is 16.3. The number of amides is 1. The van der Waals surface area contributed by atoms with E-state index >= 15 is 0 Å². The molecule has 1 amide bonds. The number of halogens is 1. The fraction of sp³-hybridized carbons (Fsp3) is 0.357. The van der Waals surface area contributed by atoms with Crippen molar-refractivity contribution in [2.24, 2.45) is 0 Å². The Morgan fingerprint density at radius 3 is 2.68 bits per heavy atom. The van der Waals surface area contributed by atoms with Crippen LogP contribution >= 0.6 is 34.3 Å². The lowest BCUT2D eigenvalue weighted by Crippen LogP contribution is -2.38. The predicted octanol–water partition coefficient (Wildman–Crippen LogP) is 3.85. The second-order valence-corrected chi connectivity index (χ2v) is 7.45. The van der Waals surface area contributed by atoms with Crippen LogP contribution in [0.4, 0.5) is 0 Å². The molecule has 2 heterocycles. The summed E-state index contributed by atoms with van der Waals surface area (Å²) in [5, 5.41) is 11.2. The molecule has 0 bridgehead atoms. The van der Waals surface area contributed by atoms with Crippen molar-refractivity contribution in [1.29, 1.82) is 0 Å². The van der Waals surface area contributed by atoms with Gasteiger partial charge in [-0.2, -0.15) is 0 Å². The molecule has 5 nitrogen and oxygen atoms in total. The molecular weight excluding hydrogens is 344 g/mol. The highest BCUT2D eigenvalue weighted by Gasteiger charge is 2.22. The maximum atomic E-state index is 12.5. The maximum Gasteiger partial charge on any atom is 0.305 e. The largest absolute Gasteiger partial charge is 0.481 e. The number of aliphatic carboxylic acids is 1. The molecule has 0 radical (unpaired) electrons. The lowest BCUT2D eigenvalue weighted by Gasteiger charge is -2.25. The molecule has 1 N–H and O–H groups in total. The number of rotatable bonds is 6. The molecule has 0 aliphatic heterocycles. The molecule has 0 aliphatic rings. The third-order valence-electron chi connectivity index (χ3n) is 2.96.